The maximum Gasteiger partial charge on any atom is -0.00199 e. The Kier molecular flexibility index (Phi) is 5.98. The third-order valence-electron chi connectivity index (χ3n) is 10.2. The van der Waals surface area contributed by atoms with Gasteiger partial charge in [-0.3, -0.25) is 0 Å². The molecule has 9 aromatic rings. The van der Waals surface area contributed by atoms with E-state index in [1.165, 1.54) is 99.1 Å². The quantitative estimate of drug-likeness (QED) is 0.187. The fourth-order valence-corrected chi connectivity index (χ4v) is 7.95. The van der Waals surface area contributed by atoms with Crippen molar-refractivity contribution in [1.82, 2.24) is 0 Å². The van der Waals surface area contributed by atoms with Crippen LogP contribution >= 0.6 is 0 Å². The van der Waals surface area contributed by atoms with E-state index in [1.807, 2.05) is 0 Å². The molecule has 0 bridgehead atoms. The minimum atomic E-state index is 1.22. The highest BCUT2D eigenvalue weighted by atomic mass is 14.3. The van der Waals surface area contributed by atoms with Crippen LogP contribution in [0.25, 0.3) is 99.1 Å². The van der Waals surface area contributed by atoms with Gasteiger partial charge in [-0.15, -0.1) is 0 Å². The van der Waals surface area contributed by atoms with Crippen molar-refractivity contribution in [3.8, 4) is 66.8 Å². The van der Waals surface area contributed by atoms with Crippen LogP contribution in [0.2, 0.25) is 0 Å². The first kappa shape index (κ1) is 26.9. The Labute approximate surface area is 280 Å². The zero-order chi connectivity index (χ0) is 31.6. The van der Waals surface area contributed by atoms with Crippen molar-refractivity contribution in [2.75, 3.05) is 0 Å². The first-order chi connectivity index (χ1) is 23.8. The van der Waals surface area contributed by atoms with Crippen molar-refractivity contribution < 1.29 is 0 Å². The Balaban J connectivity index is 1.17. The summed E-state index contributed by atoms with van der Waals surface area (Å²) in [5, 5.41) is 7.78. The van der Waals surface area contributed by atoms with E-state index in [1.54, 1.807) is 0 Å². The van der Waals surface area contributed by atoms with Gasteiger partial charge in [-0.1, -0.05) is 158 Å². The molecule has 0 N–H and O–H groups in total. The molecule has 0 heteroatoms. The van der Waals surface area contributed by atoms with Gasteiger partial charge in [0, 0.05) is 0 Å². The van der Waals surface area contributed by atoms with Crippen molar-refractivity contribution in [3.05, 3.63) is 182 Å². The summed E-state index contributed by atoms with van der Waals surface area (Å²) in [4.78, 5) is 0. The molecular weight excluding hydrogens is 577 g/mol. The molecule has 0 atom stereocenters. The van der Waals surface area contributed by atoms with Gasteiger partial charge in [-0.05, 0) is 123 Å². The Hall–Kier alpha value is -6.24. The number of benzene rings is 9. The van der Waals surface area contributed by atoms with Crippen molar-refractivity contribution >= 4 is 32.3 Å². The molecule has 0 heterocycles. The second-order valence-electron chi connectivity index (χ2n) is 12.9. The van der Waals surface area contributed by atoms with Crippen LogP contribution in [0.3, 0.4) is 0 Å². The summed E-state index contributed by atoms with van der Waals surface area (Å²) in [5.41, 5.74) is 15.2. The van der Waals surface area contributed by atoms with Gasteiger partial charge in [0.25, 0.3) is 0 Å². The second kappa shape index (κ2) is 10.7. The maximum atomic E-state index is 2.40. The molecule has 0 radical (unpaired) electrons. The molecule has 48 heavy (non-hydrogen) atoms. The van der Waals surface area contributed by atoms with Gasteiger partial charge in [-0.25, -0.2) is 0 Å². The average Bonchev–Trinajstić information content (AvgIpc) is 3.50. The average molecular weight is 607 g/mol. The van der Waals surface area contributed by atoms with Crippen molar-refractivity contribution in [2.24, 2.45) is 0 Å². The Morgan fingerprint density at radius 1 is 0.229 bits per heavy atom. The number of hydrogen-bond donors (Lipinski definition) is 0. The molecule has 0 unspecified atom stereocenters. The normalized spacial score (nSPS) is 11.8. The summed E-state index contributed by atoms with van der Waals surface area (Å²) in [6.07, 6.45) is 0. The first-order valence-corrected chi connectivity index (χ1v) is 16.7. The van der Waals surface area contributed by atoms with Crippen molar-refractivity contribution in [3.63, 3.8) is 0 Å². The molecule has 0 aliphatic heterocycles. The van der Waals surface area contributed by atoms with E-state index in [4.69, 9.17) is 0 Å². The molecule has 1 aliphatic carbocycles. The highest BCUT2D eigenvalue weighted by Gasteiger charge is 2.24. The Morgan fingerprint density at radius 3 is 1.73 bits per heavy atom. The number of rotatable bonds is 4. The van der Waals surface area contributed by atoms with E-state index in [2.05, 4.69) is 182 Å². The largest absolute Gasteiger partial charge is 0.0622 e. The summed E-state index contributed by atoms with van der Waals surface area (Å²) in [6, 6.07) is 67.0. The summed E-state index contributed by atoms with van der Waals surface area (Å²) < 4.78 is 0. The van der Waals surface area contributed by atoms with E-state index < -0.39 is 0 Å². The van der Waals surface area contributed by atoms with Crippen LogP contribution in [-0.4, -0.2) is 0 Å². The second-order valence-corrected chi connectivity index (χ2v) is 12.9. The third kappa shape index (κ3) is 4.16. The molecule has 222 valence electrons. The van der Waals surface area contributed by atoms with Gasteiger partial charge in [0.05, 0.1) is 0 Å². The maximum absolute atomic E-state index is 2.40. The van der Waals surface area contributed by atoms with E-state index in [-0.39, 0.29) is 0 Å². The molecule has 0 saturated heterocycles. The SMILES string of the molecule is c1ccc(-c2cccc(-c3cc(-c4ccccc4)c4ccc(-c5ccc6c7c(cccc57)-c5ccc7ccccc7c5-6)cc4c3)c2)cc1. The zero-order valence-corrected chi connectivity index (χ0v) is 26.3. The molecule has 0 nitrogen and oxygen atoms in total. The molecule has 0 fully saturated rings. The van der Waals surface area contributed by atoms with Gasteiger partial charge < -0.3 is 0 Å². The van der Waals surface area contributed by atoms with Crippen LogP contribution in [0.1, 0.15) is 0 Å². The fourth-order valence-electron chi connectivity index (χ4n) is 7.95. The standard InChI is InChI=1S/C48H30/c1-3-11-31(12-4-1)34-16-9-17-35(27-34)37-29-38-28-36(22-23-40(38)46(30-37)32-13-5-2-6-14-32)39-25-26-45-47-41-18-8-7-15-33(41)21-24-44(47)43-20-10-19-42(39)48(43)45/h1-30H. The predicted molar refractivity (Wildman–Crippen MR) is 205 cm³/mol. The lowest BCUT2D eigenvalue weighted by Gasteiger charge is -2.15. The van der Waals surface area contributed by atoms with Gasteiger partial charge in [0.2, 0.25) is 0 Å². The summed E-state index contributed by atoms with van der Waals surface area (Å²) in [5.74, 6) is 0. The molecule has 10 rings (SSSR count). The van der Waals surface area contributed by atoms with Crippen LogP contribution in [-0.2, 0) is 0 Å². The topological polar surface area (TPSA) is 0 Å². The monoisotopic (exact) mass is 606 g/mol. The first-order valence-electron chi connectivity index (χ1n) is 16.7. The van der Waals surface area contributed by atoms with Gasteiger partial charge in [0.1, 0.15) is 0 Å². The van der Waals surface area contributed by atoms with Crippen LogP contribution in [0.15, 0.2) is 182 Å². The minimum absolute atomic E-state index is 1.22. The summed E-state index contributed by atoms with van der Waals surface area (Å²) in [6.45, 7) is 0. The molecule has 9 aromatic carbocycles. The van der Waals surface area contributed by atoms with Crippen LogP contribution in [0.4, 0.5) is 0 Å². The van der Waals surface area contributed by atoms with E-state index >= 15 is 0 Å². The fraction of sp³-hybridized carbons (Fsp3) is 0. The summed E-state index contributed by atoms with van der Waals surface area (Å²) >= 11 is 0. The molecule has 1 aliphatic rings. The van der Waals surface area contributed by atoms with Gasteiger partial charge in [0.15, 0.2) is 0 Å². The lowest BCUT2D eigenvalue weighted by Crippen LogP contribution is -1.88. The highest BCUT2D eigenvalue weighted by molar-refractivity contribution is 6.23. The van der Waals surface area contributed by atoms with Crippen LogP contribution in [0, 0.1) is 0 Å². The smallest absolute Gasteiger partial charge is 0.00199 e. The van der Waals surface area contributed by atoms with Crippen molar-refractivity contribution in [2.45, 2.75) is 0 Å². The molecule has 0 saturated carbocycles. The lowest BCUT2D eigenvalue weighted by atomic mass is 9.89. The van der Waals surface area contributed by atoms with E-state index in [9.17, 15) is 0 Å². The van der Waals surface area contributed by atoms with Gasteiger partial charge >= 0.3 is 0 Å². The van der Waals surface area contributed by atoms with Crippen LogP contribution < -0.4 is 0 Å². The highest BCUT2D eigenvalue weighted by Crippen LogP contribution is 2.52. The third-order valence-corrected chi connectivity index (χ3v) is 10.2. The Bertz CT molecular complexity index is 2700. The molecular formula is C48H30. The molecule has 0 aromatic heterocycles. The predicted octanol–water partition coefficient (Wildman–Crippen LogP) is 13.5. The molecule has 0 amide bonds. The molecule has 0 spiro atoms. The number of hydrogen-bond acceptors (Lipinski definition) is 0. The van der Waals surface area contributed by atoms with Gasteiger partial charge in [-0.2, -0.15) is 0 Å². The van der Waals surface area contributed by atoms with E-state index in [0.29, 0.717) is 0 Å². The Morgan fingerprint density at radius 2 is 0.875 bits per heavy atom. The summed E-state index contributed by atoms with van der Waals surface area (Å²) in [7, 11) is 0. The lowest BCUT2D eigenvalue weighted by molar-refractivity contribution is 1.59. The zero-order valence-electron chi connectivity index (χ0n) is 26.3. The van der Waals surface area contributed by atoms with Crippen LogP contribution in [0.5, 0.6) is 0 Å². The van der Waals surface area contributed by atoms with Crippen molar-refractivity contribution in [1.29, 1.82) is 0 Å². The minimum Gasteiger partial charge on any atom is -0.0622 e. The van der Waals surface area contributed by atoms with E-state index in [0.717, 1.165) is 0 Å². The number of fused-ring (bicyclic) bond motifs is 6.